The quantitative estimate of drug-likeness (QED) is 0.701. The predicted octanol–water partition coefficient (Wildman–Crippen LogP) is 3.43. The molecular formula is C14H25NO2. The van der Waals surface area contributed by atoms with Crippen LogP contribution in [0.25, 0.3) is 0 Å². The van der Waals surface area contributed by atoms with Gasteiger partial charge in [-0.15, -0.1) is 0 Å². The first-order chi connectivity index (χ1) is 7.83. The third-order valence-electron chi connectivity index (χ3n) is 4.19. The van der Waals surface area contributed by atoms with Crippen molar-refractivity contribution in [2.24, 2.45) is 11.8 Å². The van der Waals surface area contributed by atoms with Gasteiger partial charge in [0, 0.05) is 12.1 Å². The third kappa shape index (κ3) is 2.29. The van der Waals surface area contributed by atoms with Gasteiger partial charge in [-0.1, -0.05) is 13.8 Å². The van der Waals surface area contributed by atoms with Gasteiger partial charge in [-0.05, 0) is 51.9 Å². The van der Waals surface area contributed by atoms with Crippen LogP contribution in [0.4, 0.5) is 4.79 Å². The number of hydrogen-bond donors (Lipinski definition) is 0. The normalized spacial score (nSPS) is 36.4. The van der Waals surface area contributed by atoms with Crippen LogP contribution in [0.3, 0.4) is 0 Å². The summed E-state index contributed by atoms with van der Waals surface area (Å²) in [5.41, 5.74) is -0.386. The second-order valence-corrected chi connectivity index (χ2v) is 6.63. The Hall–Kier alpha value is -0.730. The van der Waals surface area contributed by atoms with Crippen molar-refractivity contribution in [3.8, 4) is 0 Å². The number of nitrogens with zero attached hydrogens (tertiary/aromatic N) is 1. The number of likely N-dealkylation sites (tertiary alicyclic amines) is 1. The number of piperidine rings is 1. The van der Waals surface area contributed by atoms with E-state index >= 15 is 0 Å². The van der Waals surface area contributed by atoms with Crippen molar-refractivity contribution in [1.82, 2.24) is 4.90 Å². The molecule has 2 rings (SSSR count). The lowest BCUT2D eigenvalue weighted by molar-refractivity contribution is 0.00275. The summed E-state index contributed by atoms with van der Waals surface area (Å²) in [7, 11) is 0. The Kier molecular flexibility index (Phi) is 3.13. The summed E-state index contributed by atoms with van der Waals surface area (Å²) in [6.07, 6.45) is 3.27. The molecule has 1 heterocycles. The summed E-state index contributed by atoms with van der Waals surface area (Å²) in [6, 6.07) is 0.827. The maximum atomic E-state index is 12.2. The molecule has 2 bridgehead atoms. The van der Waals surface area contributed by atoms with Crippen LogP contribution in [-0.4, -0.2) is 28.7 Å². The average Bonchev–Trinajstić information content (AvgIpc) is 2.69. The molecule has 1 saturated heterocycles. The van der Waals surface area contributed by atoms with Gasteiger partial charge in [0.1, 0.15) is 5.60 Å². The average molecular weight is 239 g/mol. The van der Waals surface area contributed by atoms with E-state index in [0.29, 0.717) is 18.0 Å². The standard InChI is InChI=1S/C14H25NO2/c1-6-12-11-8-10(7-9(11)2)15(12)13(16)17-14(3,4)5/h9-12H,6-8H2,1-5H3. The Morgan fingerprint density at radius 2 is 2.00 bits per heavy atom. The van der Waals surface area contributed by atoms with Gasteiger partial charge in [0.05, 0.1) is 0 Å². The molecule has 4 unspecified atom stereocenters. The van der Waals surface area contributed by atoms with E-state index in [9.17, 15) is 4.79 Å². The summed E-state index contributed by atoms with van der Waals surface area (Å²) in [4.78, 5) is 14.3. The van der Waals surface area contributed by atoms with Crippen LogP contribution >= 0.6 is 0 Å². The zero-order valence-electron chi connectivity index (χ0n) is 11.7. The first kappa shape index (κ1) is 12.7. The molecule has 4 atom stereocenters. The highest BCUT2D eigenvalue weighted by molar-refractivity contribution is 5.69. The lowest BCUT2D eigenvalue weighted by atomic mass is 9.88. The molecule has 1 aliphatic heterocycles. The monoisotopic (exact) mass is 239 g/mol. The number of fused-ring (bicyclic) bond motifs is 2. The maximum absolute atomic E-state index is 12.2. The molecule has 0 spiro atoms. The van der Waals surface area contributed by atoms with Crippen LogP contribution in [0.15, 0.2) is 0 Å². The van der Waals surface area contributed by atoms with Gasteiger partial charge < -0.3 is 9.64 Å². The van der Waals surface area contributed by atoms with E-state index in [-0.39, 0.29) is 11.7 Å². The topological polar surface area (TPSA) is 29.5 Å². The smallest absolute Gasteiger partial charge is 0.410 e. The molecule has 17 heavy (non-hydrogen) atoms. The van der Waals surface area contributed by atoms with E-state index in [0.717, 1.165) is 18.8 Å². The van der Waals surface area contributed by atoms with Gasteiger partial charge in [0.2, 0.25) is 0 Å². The van der Waals surface area contributed by atoms with E-state index in [2.05, 4.69) is 13.8 Å². The van der Waals surface area contributed by atoms with Crippen LogP contribution in [0.1, 0.15) is 53.9 Å². The van der Waals surface area contributed by atoms with Crippen molar-refractivity contribution in [1.29, 1.82) is 0 Å². The van der Waals surface area contributed by atoms with Crippen molar-refractivity contribution in [3.05, 3.63) is 0 Å². The molecule has 0 aromatic rings. The van der Waals surface area contributed by atoms with Gasteiger partial charge >= 0.3 is 6.09 Å². The molecular weight excluding hydrogens is 214 g/mol. The van der Waals surface area contributed by atoms with Crippen molar-refractivity contribution in [3.63, 3.8) is 0 Å². The third-order valence-corrected chi connectivity index (χ3v) is 4.19. The summed E-state index contributed by atoms with van der Waals surface area (Å²) in [6.45, 7) is 10.3. The summed E-state index contributed by atoms with van der Waals surface area (Å²) < 4.78 is 5.53. The highest BCUT2D eigenvalue weighted by atomic mass is 16.6. The molecule has 0 aromatic heterocycles. The van der Waals surface area contributed by atoms with Crippen LogP contribution in [0.5, 0.6) is 0 Å². The van der Waals surface area contributed by atoms with Crippen molar-refractivity contribution < 1.29 is 9.53 Å². The second kappa shape index (κ2) is 4.18. The van der Waals surface area contributed by atoms with Gasteiger partial charge in [0.25, 0.3) is 0 Å². The molecule has 3 nitrogen and oxygen atoms in total. The van der Waals surface area contributed by atoms with Gasteiger partial charge in [-0.3, -0.25) is 0 Å². The Morgan fingerprint density at radius 1 is 1.35 bits per heavy atom. The van der Waals surface area contributed by atoms with Crippen LogP contribution in [0.2, 0.25) is 0 Å². The van der Waals surface area contributed by atoms with E-state index in [1.165, 1.54) is 6.42 Å². The Balaban J connectivity index is 2.09. The molecule has 3 heteroatoms. The minimum atomic E-state index is -0.386. The van der Waals surface area contributed by atoms with Gasteiger partial charge in [-0.25, -0.2) is 4.79 Å². The molecule has 2 aliphatic rings. The Morgan fingerprint density at radius 3 is 2.53 bits per heavy atom. The fraction of sp³-hybridized carbons (Fsp3) is 0.929. The molecule has 0 radical (unpaired) electrons. The van der Waals surface area contributed by atoms with Crippen LogP contribution in [0, 0.1) is 11.8 Å². The van der Waals surface area contributed by atoms with Crippen molar-refractivity contribution in [2.75, 3.05) is 0 Å². The predicted molar refractivity (Wildman–Crippen MR) is 67.8 cm³/mol. The summed E-state index contributed by atoms with van der Waals surface area (Å²) in [5.74, 6) is 1.46. The van der Waals surface area contributed by atoms with E-state index < -0.39 is 0 Å². The summed E-state index contributed by atoms with van der Waals surface area (Å²) >= 11 is 0. The maximum Gasteiger partial charge on any atom is 0.410 e. The Labute approximate surface area is 105 Å². The highest BCUT2D eigenvalue weighted by Gasteiger charge is 2.51. The minimum absolute atomic E-state index is 0.108. The molecule has 2 fully saturated rings. The number of hydrogen-bond acceptors (Lipinski definition) is 2. The van der Waals surface area contributed by atoms with Gasteiger partial charge in [-0.2, -0.15) is 0 Å². The largest absolute Gasteiger partial charge is 0.444 e. The minimum Gasteiger partial charge on any atom is -0.444 e. The van der Waals surface area contributed by atoms with E-state index in [4.69, 9.17) is 4.74 Å². The molecule has 98 valence electrons. The number of rotatable bonds is 1. The van der Waals surface area contributed by atoms with Crippen LogP contribution in [-0.2, 0) is 4.74 Å². The zero-order chi connectivity index (χ0) is 12.8. The fourth-order valence-corrected chi connectivity index (χ4v) is 3.59. The first-order valence-corrected chi connectivity index (χ1v) is 6.84. The lowest BCUT2D eigenvalue weighted by Gasteiger charge is -2.38. The van der Waals surface area contributed by atoms with Crippen molar-refractivity contribution in [2.45, 2.75) is 71.6 Å². The van der Waals surface area contributed by atoms with Crippen molar-refractivity contribution >= 4 is 6.09 Å². The number of carbonyl (C=O) groups excluding carboxylic acids is 1. The zero-order valence-corrected chi connectivity index (χ0v) is 11.7. The highest BCUT2D eigenvalue weighted by Crippen LogP contribution is 2.47. The molecule has 0 aromatic carbocycles. The fourth-order valence-electron chi connectivity index (χ4n) is 3.59. The number of carbonyl (C=O) groups is 1. The first-order valence-electron chi connectivity index (χ1n) is 6.84. The SMILES string of the molecule is CCC1C2CC(CC2C)N1C(=O)OC(C)(C)C. The molecule has 1 aliphatic carbocycles. The summed E-state index contributed by atoms with van der Waals surface area (Å²) in [5, 5.41) is 0. The molecule has 1 amide bonds. The van der Waals surface area contributed by atoms with Crippen LogP contribution < -0.4 is 0 Å². The Bertz CT molecular complexity index is 308. The van der Waals surface area contributed by atoms with E-state index in [1.54, 1.807) is 0 Å². The lowest BCUT2D eigenvalue weighted by Crippen LogP contribution is -2.48. The molecule has 1 saturated carbocycles. The van der Waals surface area contributed by atoms with E-state index in [1.807, 2.05) is 25.7 Å². The second-order valence-electron chi connectivity index (χ2n) is 6.63. The molecule has 0 N–H and O–H groups in total. The van der Waals surface area contributed by atoms with Gasteiger partial charge in [0.15, 0.2) is 0 Å². The number of ether oxygens (including phenoxy) is 1. The number of amides is 1.